The van der Waals surface area contributed by atoms with Crippen LogP contribution in [0.5, 0.6) is 0 Å². The fourth-order valence-corrected chi connectivity index (χ4v) is 4.58. The fourth-order valence-electron chi connectivity index (χ4n) is 3.16. The first-order valence-electron chi connectivity index (χ1n) is 7.57. The van der Waals surface area contributed by atoms with Crippen molar-refractivity contribution in [2.75, 3.05) is 4.90 Å². The summed E-state index contributed by atoms with van der Waals surface area (Å²) in [7, 11) is -3.68. The predicted octanol–water partition coefficient (Wildman–Crippen LogP) is 4.64. The summed E-state index contributed by atoms with van der Waals surface area (Å²) in [6.07, 6.45) is 9.55. The molecule has 22 heavy (non-hydrogen) atoms. The molecule has 7 heteroatoms. The number of rotatable bonds is 1. The Labute approximate surface area is 141 Å². The topological polar surface area (TPSA) is 49.7 Å². The van der Waals surface area contributed by atoms with Crippen molar-refractivity contribution in [2.45, 2.75) is 55.9 Å². The Morgan fingerprint density at radius 2 is 1.59 bits per heavy atom. The van der Waals surface area contributed by atoms with E-state index in [1.807, 2.05) is 4.90 Å². The molecule has 0 spiro atoms. The Balaban J connectivity index is 2.02. The fraction of sp³-hybridized carbons (Fsp3) is 0.533. The Morgan fingerprint density at radius 1 is 1.00 bits per heavy atom. The molecular formula is C15H18Cl2N2O2S. The van der Waals surface area contributed by atoms with E-state index in [0.717, 1.165) is 25.7 Å². The second-order valence-electron chi connectivity index (χ2n) is 5.84. The molecule has 0 saturated heterocycles. The zero-order chi connectivity index (χ0) is 15.7. The minimum atomic E-state index is -3.68. The molecule has 0 N–H and O–H groups in total. The van der Waals surface area contributed by atoms with E-state index in [0.29, 0.717) is 10.7 Å². The third kappa shape index (κ3) is 3.12. The number of fused-ring (bicyclic) bond motifs is 1. The third-order valence-electron chi connectivity index (χ3n) is 4.34. The van der Waals surface area contributed by atoms with Crippen LogP contribution in [0.1, 0.15) is 44.9 Å². The van der Waals surface area contributed by atoms with Crippen LogP contribution in [0.4, 0.5) is 5.69 Å². The molecule has 1 aromatic rings. The van der Waals surface area contributed by atoms with Crippen molar-refractivity contribution in [3.63, 3.8) is 0 Å². The first-order valence-corrected chi connectivity index (χ1v) is 9.76. The molecule has 2 aliphatic rings. The highest BCUT2D eigenvalue weighted by Gasteiger charge is 2.30. The molecule has 0 amide bonds. The summed E-state index contributed by atoms with van der Waals surface area (Å²) in [6.45, 7) is 0. The number of benzene rings is 1. The first kappa shape index (κ1) is 16.1. The SMILES string of the molecule is O=S1(=O)N=CN(C2CCCCCCC2)c2cc(Cl)c(Cl)cc21. The first-order chi connectivity index (χ1) is 10.5. The van der Waals surface area contributed by atoms with Crippen LogP contribution in [0, 0.1) is 0 Å². The molecule has 0 radical (unpaired) electrons. The zero-order valence-electron chi connectivity index (χ0n) is 12.1. The van der Waals surface area contributed by atoms with Crippen molar-refractivity contribution < 1.29 is 8.42 Å². The van der Waals surface area contributed by atoms with Crippen LogP contribution in [-0.2, 0) is 10.0 Å². The Kier molecular flexibility index (Phi) is 4.67. The third-order valence-corrected chi connectivity index (χ3v) is 6.31. The standard InChI is InChI=1S/C15H18Cl2N2O2S/c16-12-8-14-15(9-13(12)17)22(20,21)18-10-19(14)11-6-4-2-1-3-5-7-11/h8-11H,1-7H2. The molecule has 1 heterocycles. The maximum Gasteiger partial charge on any atom is 0.285 e. The van der Waals surface area contributed by atoms with Gasteiger partial charge in [0.2, 0.25) is 0 Å². The summed E-state index contributed by atoms with van der Waals surface area (Å²) in [5.74, 6) is 0. The second-order valence-corrected chi connectivity index (χ2v) is 8.25. The van der Waals surface area contributed by atoms with Gasteiger partial charge in [0.25, 0.3) is 10.0 Å². The van der Waals surface area contributed by atoms with E-state index >= 15 is 0 Å². The summed E-state index contributed by atoms with van der Waals surface area (Å²) < 4.78 is 28.1. The van der Waals surface area contributed by atoms with Crippen molar-refractivity contribution in [1.82, 2.24) is 0 Å². The van der Waals surface area contributed by atoms with E-state index in [9.17, 15) is 8.42 Å². The van der Waals surface area contributed by atoms with Crippen molar-refractivity contribution >= 4 is 45.3 Å². The van der Waals surface area contributed by atoms with Crippen LogP contribution in [-0.4, -0.2) is 20.8 Å². The number of nitrogens with zero attached hydrogens (tertiary/aromatic N) is 2. The maximum atomic E-state index is 12.2. The molecule has 120 valence electrons. The average molecular weight is 361 g/mol. The largest absolute Gasteiger partial charge is 0.327 e. The highest BCUT2D eigenvalue weighted by Crippen LogP contribution is 2.38. The highest BCUT2D eigenvalue weighted by atomic mass is 35.5. The molecule has 3 rings (SSSR count). The van der Waals surface area contributed by atoms with Crippen LogP contribution in [0.25, 0.3) is 0 Å². The summed E-state index contributed by atoms with van der Waals surface area (Å²) in [6, 6.07) is 3.30. The van der Waals surface area contributed by atoms with Gasteiger partial charge in [0.05, 0.1) is 15.7 Å². The highest BCUT2D eigenvalue weighted by molar-refractivity contribution is 7.90. The van der Waals surface area contributed by atoms with Gasteiger partial charge < -0.3 is 4.90 Å². The van der Waals surface area contributed by atoms with Gasteiger partial charge in [-0.15, -0.1) is 4.40 Å². The normalized spacial score (nSPS) is 22.0. The summed E-state index contributed by atoms with van der Waals surface area (Å²) in [4.78, 5) is 2.11. The number of sulfonamides is 1. The molecule has 1 fully saturated rings. The summed E-state index contributed by atoms with van der Waals surface area (Å²) >= 11 is 12.1. The number of anilines is 1. The molecule has 0 aromatic heterocycles. The Hall–Kier alpha value is -0.780. The van der Waals surface area contributed by atoms with Crippen LogP contribution in [0.15, 0.2) is 21.4 Å². The van der Waals surface area contributed by atoms with E-state index in [4.69, 9.17) is 23.2 Å². The summed E-state index contributed by atoms with van der Waals surface area (Å²) in [5, 5.41) is 0.598. The monoisotopic (exact) mass is 360 g/mol. The Morgan fingerprint density at radius 3 is 2.27 bits per heavy atom. The van der Waals surface area contributed by atoms with E-state index in [1.54, 1.807) is 6.07 Å². The predicted molar refractivity (Wildman–Crippen MR) is 90.7 cm³/mol. The minimum Gasteiger partial charge on any atom is -0.327 e. The maximum absolute atomic E-state index is 12.2. The molecule has 0 atom stereocenters. The number of hydrogen-bond acceptors (Lipinski definition) is 3. The van der Waals surface area contributed by atoms with Gasteiger partial charge in [-0.25, -0.2) is 0 Å². The lowest BCUT2D eigenvalue weighted by atomic mass is 9.95. The van der Waals surface area contributed by atoms with Gasteiger partial charge in [-0.2, -0.15) is 8.42 Å². The van der Waals surface area contributed by atoms with Crippen molar-refractivity contribution in [3.05, 3.63) is 22.2 Å². The van der Waals surface area contributed by atoms with Crippen molar-refractivity contribution in [3.8, 4) is 0 Å². The smallest absolute Gasteiger partial charge is 0.285 e. The van der Waals surface area contributed by atoms with E-state index in [1.165, 1.54) is 31.7 Å². The quantitative estimate of drug-likeness (QED) is 0.732. The van der Waals surface area contributed by atoms with Gasteiger partial charge in [0.1, 0.15) is 11.2 Å². The van der Waals surface area contributed by atoms with Crippen molar-refractivity contribution in [1.29, 1.82) is 0 Å². The number of hydrogen-bond donors (Lipinski definition) is 0. The van der Waals surface area contributed by atoms with E-state index in [-0.39, 0.29) is 16.0 Å². The minimum absolute atomic E-state index is 0.145. The molecular weight excluding hydrogens is 343 g/mol. The van der Waals surface area contributed by atoms with E-state index in [2.05, 4.69) is 4.40 Å². The van der Waals surface area contributed by atoms with Gasteiger partial charge in [0.15, 0.2) is 0 Å². The molecule has 0 unspecified atom stereocenters. The Bertz CT molecular complexity index is 696. The van der Waals surface area contributed by atoms with Gasteiger partial charge in [-0.3, -0.25) is 0 Å². The van der Waals surface area contributed by atoms with Gasteiger partial charge >= 0.3 is 0 Å². The lowest BCUT2D eigenvalue weighted by Crippen LogP contribution is -2.37. The molecule has 0 bridgehead atoms. The number of halogens is 2. The molecule has 1 aromatic carbocycles. The molecule has 1 aliphatic carbocycles. The lowest BCUT2D eigenvalue weighted by molar-refractivity contribution is 0.452. The van der Waals surface area contributed by atoms with Gasteiger partial charge in [0, 0.05) is 6.04 Å². The molecule has 4 nitrogen and oxygen atoms in total. The molecule has 1 aliphatic heterocycles. The second kappa shape index (κ2) is 6.38. The van der Waals surface area contributed by atoms with Crippen LogP contribution < -0.4 is 4.90 Å². The molecule has 1 saturated carbocycles. The van der Waals surface area contributed by atoms with Crippen LogP contribution in [0.2, 0.25) is 10.0 Å². The van der Waals surface area contributed by atoms with Crippen LogP contribution >= 0.6 is 23.2 Å². The van der Waals surface area contributed by atoms with E-state index < -0.39 is 10.0 Å². The van der Waals surface area contributed by atoms with Crippen molar-refractivity contribution in [2.24, 2.45) is 4.40 Å². The van der Waals surface area contributed by atoms with Crippen LogP contribution in [0.3, 0.4) is 0 Å². The lowest BCUT2D eigenvalue weighted by Gasteiger charge is -2.34. The van der Waals surface area contributed by atoms with Gasteiger partial charge in [-0.05, 0) is 25.0 Å². The summed E-state index contributed by atoms with van der Waals surface area (Å²) in [5.41, 5.74) is 0.593. The van der Waals surface area contributed by atoms with Gasteiger partial charge in [-0.1, -0.05) is 55.3 Å². The zero-order valence-corrected chi connectivity index (χ0v) is 14.5. The average Bonchev–Trinajstić information content (AvgIpc) is 2.42.